The summed E-state index contributed by atoms with van der Waals surface area (Å²) in [4.78, 5) is 0.312. The van der Waals surface area contributed by atoms with Gasteiger partial charge in [-0.05, 0) is 43.0 Å². The van der Waals surface area contributed by atoms with E-state index in [0.29, 0.717) is 23.9 Å². The van der Waals surface area contributed by atoms with Gasteiger partial charge in [-0.25, -0.2) is 13.1 Å². The van der Waals surface area contributed by atoms with Gasteiger partial charge >= 0.3 is 0 Å². The molecule has 0 aliphatic rings. The molecule has 0 heterocycles. The van der Waals surface area contributed by atoms with Crippen molar-refractivity contribution >= 4 is 10.0 Å². The minimum atomic E-state index is -3.37. The summed E-state index contributed by atoms with van der Waals surface area (Å²) in [5.74, 6) is 0.486. The first-order chi connectivity index (χ1) is 8.45. The topological polar surface area (TPSA) is 72.2 Å². The van der Waals surface area contributed by atoms with Crippen LogP contribution in [-0.4, -0.2) is 21.5 Å². The van der Waals surface area contributed by atoms with E-state index in [0.717, 1.165) is 18.4 Å². The molecule has 102 valence electrons. The number of nitrogens with one attached hydrogen (secondary N) is 1. The molecule has 5 heteroatoms. The third-order valence-corrected chi connectivity index (χ3v) is 4.16. The van der Waals surface area contributed by atoms with E-state index < -0.39 is 10.0 Å². The van der Waals surface area contributed by atoms with E-state index in [4.69, 9.17) is 5.73 Å². The van der Waals surface area contributed by atoms with Crippen LogP contribution in [0.25, 0.3) is 0 Å². The normalized spacial score (nSPS) is 12.0. The number of hydrogen-bond donors (Lipinski definition) is 2. The van der Waals surface area contributed by atoms with Gasteiger partial charge in [0.15, 0.2) is 0 Å². The SMILES string of the molecule is CC(C)CCNS(=O)(=O)c1ccc(CCN)cc1. The van der Waals surface area contributed by atoms with Crippen molar-refractivity contribution in [2.45, 2.75) is 31.6 Å². The van der Waals surface area contributed by atoms with E-state index in [1.165, 1.54) is 0 Å². The van der Waals surface area contributed by atoms with Crippen molar-refractivity contribution in [1.82, 2.24) is 4.72 Å². The molecule has 1 rings (SSSR count). The lowest BCUT2D eigenvalue weighted by Crippen LogP contribution is -2.25. The van der Waals surface area contributed by atoms with Gasteiger partial charge in [-0.1, -0.05) is 26.0 Å². The van der Waals surface area contributed by atoms with Crippen LogP contribution in [0.3, 0.4) is 0 Å². The summed E-state index contributed by atoms with van der Waals surface area (Å²) in [5.41, 5.74) is 6.50. The molecule has 0 fully saturated rings. The summed E-state index contributed by atoms with van der Waals surface area (Å²) in [5, 5.41) is 0. The van der Waals surface area contributed by atoms with Gasteiger partial charge < -0.3 is 5.73 Å². The zero-order chi connectivity index (χ0) is 13.6. The van der Waals surface area contributed by atoms with Crippen LogP contribution in [0, 0.1) is 5.92 Å². The van der Waals surface area contributed by atoms with Crippen LogP contribution >= 0.6 is 0 Å². The summed E-state index contributed by atoms with van der Waals surface area (Å²) in [6.07, 6.45) is 1.60. The minimum absolute atomic E-state index is 0.312. The van der Waals surface area contributed by atoms with Crippen LogP contribution < -0.4 is 10.5 Å². The first-order valence-corrected chi connectivity index (χ1v) is 7.72. The highest BCUT2D eigenvalue weighted by molar-refractivity contribution is 7.89. The Labute approximate surface area is 110 Å². The molecule has 0 amide bonds. The molecular formula is C13H22N2O2S. The Morgan fingerprint density at radius 1 is 1.22 bits per heavy atom. The molecule has 0 spiro atoms. The van der Waals surface area contributed by atoms with Crippen molar-refractivity contribution in [3.63, 3.8) is 0 Å². The Balaban J connectivity index is 2.67. The summed E-state index contributed by atoms with van der Waals surface area (Å²) in [7, 11) is -3.37. The molecule has 1 aromatic rings. The van der Waals surface area contributed by atoms with E-state index >= 15 is 0 Å². The fraction of sp³-hybridized carbons (Fsp3) is 0.538. The van der Waals surface area contributed by atoms with Crippen LogP contribution in [0.5, 0.6) is 0 Å². The Kier molecular flexibility index (Phi) is 5.78. The van der Waals surface area contributed by atoms with Crippen molar-refractivity contribution < 1.29 is 8.42 Å². The Morgan fingerprint density at radius 3 is 2.33 bits per heavy atom. The molecule has 0 atom stereocenters. The molecule has 4 nitrogen and oxygen atoms in total. The lowest BCUT2D eigenvalue weighted by Gasteiger charge is -2.08. The predicted molar refractivity (Wildman–Crippen MR) is 73.8 cm³/mol. The standard InChI is InChI=1S/C13H22N2O2S/c1-11(2)8-10-15-18(16,17)13-5-3-12(4-6-13)7-9-14/h3-6,11,15H,7-10,14H2,1-2H3. The van der Waals surface area contributed by atoms with Gasteiger partial charge in [0.2, 0.25) is 10.0 Å². The van der Waals surface area contributed by atoms with Gasteiger partial charge in [0.1, 0.15) is 0 Å². The first-order valence-electron chi connectivity index (χ1n) is 6.24. The Morgan fingerprint density at radius 2 is 1.83 bits per heavy atom. The van der Waals surface area contributed by atoms with E-state index in [-0.39, 0.29) is 0 Å². The summed E-state index contributed by atoms with van der Waals surface area (Å²) in [6, 6.07) is 6.87. The van der Waals surface area contributed by atoms with Gasteiger partial charge in [0.25, 0.3) is 0 Å². The average molecular weight is 270 g/mol. The lowest BCUT2D eigenvalue weighted by molar-refractivity contribution is 0.551. The Hall–Kier alpha value is -0.910. The fourth-order valence-electron chi connectivity index (χ4n) is 1.57. The zero-order valence-electron chi connectivity index (χ0n) is 11.0. The molecular weight excluding hydrogens is 248 g/mol. The molecule has 3 N–H and O–H groups in total. The number of sulfonamides is 1. The van der Waals surface area contributed by atoms with Crippen LogP contribution in [-0.2, 0) is 16.4 Å². The van der Waals surface area contributed by atoms with Gasteiger partial charge in [-0.2, -0.15) is 0 Å². The summed E-state index contributed by atoms with van der Waals surface area (Å²) in [6.45, 7) is 5.18. The highest BCUT2D eigenvalue weighted by atomic mass is 32.2. The summed E-state index contributed by atoms with van der Waals surface area (Å²) >= 11 is 0. The molecule has 0 aliphatic heterocycles. The Bertz CT molecular complexity index is 452. The number of nitrogens with two attached hydrogens (primary N) is 1. The minimum Gasteiger partial charge on any atom is -0.330 e. The molecule has 18 heavy (non-hydrogen) atoms. The molecule has 0 bridgehead atoms. The quantitative estimate of drug-likeness (QED) is 0.789. The average Bonchev–Trinajstić information content (AvgIpc) is 2.29. The molecule has 0 radical (unpaired) electrons. The zero-order valence-corrected chi connectivity index (χ0v) is 11.8. The molecule has 0 unspecified atom stereocenters. The highest BCUT2D eigenvalue weighted by Crippen LogP contribution is 2.11. The maximum Gasteiger partial charge on any atom is 0.240 e. The van der Waals surface area contributed by atoms with Crippen molar-refractivity contribution in [3.05, 3.63) is 29.8 Å². The number of rotatable bonds is 7. The summed E-state index contributed by atoms with van der Waals surface area (Å²) < 4.78 is 26.5. The van der Waals surface area contributed by atoms with E-state index in [9.17, 15) is 8.42 Å². The molecule has 0 saturated heterocycles. The van der Waals surface area contributed by atoms with Crippen molar-refractivity contribution in [3.8, 4) is 0 Å². The predicted octanol–water partition coefficient (Wildman–Crippen LogP) is 1.51. The molecule has 0 aromatic heterocycles. The molecule has 1 aromatic carbocycles. The third kappa shape index (κ3) is 4.76. The smallest absolute Gasteiger partial charge is 0.240 e. The second-order valence-corrected chi connectivity index (χ2v) is 6.53. The van der Waals surface area contributed by atoms with Crippen LogP contribution in [0.4, 0.5) is 0 Å². The van der Waals surface area contributed by atoms with Crippen molar-refractivity contribution in [2.24, 2.45) is 11.7 Å². The van der Waals surface area contributed by atoms with Crippen LogP contribution in [0.15, 0.2) is 29.2 Å². The molecule has 0 saturated carbocycles. The largest absolute Gasteiger partial charge is 0.330 e. The maximum atomic E-state index is 11.9. The van der Waals surface area contributed by atoms with Gasteiger partial charge in [0, 0.05) is 6.54 Å². The lowest BCUT2D eigenvalue weighted by atomic mass is 10.1. The van der Waals surface area contributed by atoms with Gasteiger partial charge in [-0.3, -0.25) is 0 Å². The van der Waals surface area contributed by atoms with E-state index in [1.807, 2.05) is 12.1 Å². The van der Waals surface area contributed by atoms with E-state index in [2.05, 4.69) is 18.6 Å². The highest BCUT2D eigenvalue weighted by Gasteiger charge is 2.13. The van der Waals surface area contributed by atoms with Crippen molar-refractivity contribution in [2.75, 3.05) is 13.1 Å². The van der Waals surface area contributed by atoms with Crippen LogP contribution in [0.1, 0.15) is 25.8 Å². The monoisotopic (exact) mass is 270 g/mol. The number of hydrogen-bond acceptors (Lipinski definition) is 3. The second kappa shape index (κ2) is 6.87. The van der Waals surface area contributed by atoms with Gasteiger partial charge in [0.05, 0.1) is 4.90 Å². The van der Waals surface area contributed by atoms with E-state index in [1.54, 1.807) is 12.1 Å². The third-order valence-electron chi connectivity index (χ3n) is 2.68. The fourth-order valence-corrected chi connectivity index (χ4v) is 2.61. The molecule has 0 aliphatic carbocycles. The van der Waals surface area contributed by atoms with Crippen molar-refractivity contribution in [1.29, 1.82) is 0 Å². The number of benzene rings is 1. The first kappa shape index (κ1) is 15.1. The van der Waals surface area contributed by atoms with Crippen LogP contribution in [0.2, 0.25) is 0 Å². The maximum absolute atomic E-state index is 11.9. The second-order valence-electron chi connectivity index (χ2n) is 4.76. The van der Waals surface area contributed by atoms with Gasteiger partial charge in [-0.15, -0.1) is 0 Å².